The average Bonchev–Trinajstić information content (AvgIpc) is 3.22. The van der Waals surface area contributed by atoms with E-state index in [1.165, 1.54) is 0 Å². The van der Waals surface area contributed by atoms with E-state index < -0.39 is 5.91 Å². The highest BCUT2D eigenvalue weighted by atomic mass is 16.3. The van der Waals surface area contributed by atoms with E-state index in [1.807, 2.05) is 41.8 Å². The summed E-state index contributed by atoms with van der Waals surface area (Å²) in [4.78, 5) is 12.1. The predicted molar refractivity (Wildman–Crippen MR) is 120 cm³/mol. The Morgan fingerprint density at radius 3 is 2.07 bits per heavy atom. The lowest BCUT2D eigenvalue weighted by Crippen LogP contribution is -2.17. The lowest BCUT2D eigenvalue weighted by molar-refractivity contribution is 0.0999. The highest BCUT2D eigenvalue weighted by Crippen LogP contribution is 2.42. The van der Waals surface area contributed by atoms with Crippen LogP contribution >= 0.6 is 0 Å². The zero-order chi connectivity index (χ0) is 22.4. The normalized spacial score (nSPS) is 12.4. The monoisotopic (exact) mass is 408 g/mol. The van der Waals surface area contributed by atoms with Gasteiger partial charge in [0.1, 0.15) is 11.5 Å². The number of aromatic nitrogens is 1. The second-order valence-electron chi connectivity index (χ2n) is 9.98. The molecule has 5 heteroatoms. The number of furan rings is 1. The maximum Gasteiger partial charge on any atom is 0.250 e. The molecule has 0 aliphatic heterocycles. The number of amides is 1. The molecule has 0 saturated carbocycles. The summed E-state index contributed by atoms with van der Waals surface area (Å²) < 4.78 is 7.60. The summed E-state index contributed by atoms with van der Waals surface area (Å²) in [6.45, 7) is 14.9. The minimum atomic E-state index is -0.460. The van der Waals surface area contributed by atoms with Crippen molar-refractivity contribution in [1.82, 2.24) is 4.57 Å². The van der Waals surface area contributed by atoms with Crippen LogP contribution in [0.3, 0.4) is 0 Å². The van der Waals surface area contributed by atoms with Gasteiger partial charge in [0.25, 0.3) is 5.91 Å². The zero-order valence-electron chi connectivity index (χ0n) is 19.0. The number of benzene rings is 1. The van der Waals surface area contributed by atoms with Crippen molar-refractivity contribution in [2.45, 2.75) is 65.8 Å². The lowest BCUT2D eigenvalue weighted by atomic mass is 9.78. The molecule has 0 unspecified atom stereocenters. The second-order valence-corrected chi connectivity index (χ2v) is 9.98. The minimum absolute atomic E-state index is 0.250. The van der Waals surface area contributed by atoms with E-state index >= 15 is 0 Å². The number of carbonyl (C=O) groups is 1. The summed E-state index contributed by atoms with van der Waals surface area (Å²) in [5.41, 5.74) is 9.97. The zero-order valence-corrected chi connectivity index (χ0v) is 19.0. The molecule has 0 spiro atoms. The molecule has 0 aliphatic rings. The number of hydrogen-bond acceptors (Lipinski definition) is 3. The van der Waals surface area contributed by atoms with Crippen molar-refractivity contribution in [3.05, 3.63) is 64.7 Å². The molecule has 3 rings (SSSR count). The Labute approximate surface area is 178 Å². The van der Waals surface area contributed by atoms with Crippen molar-refractivity contribution in [3.8, 4) is 17.0 Å². The SMILES string of the molecule is Cc1c(C(N)=O)cc(-c2cc(C(C)(C)C)c(O)c(C(C)(C)C)c2)n1Cc1ccco1. The molecule has 0 fully saturated rings. The third-order valence-electron chi connectivity index (χ3n) is 5.55. The van der Waals surface area contributed by atoms with E-state index in [2.05, 4.69) is 41.5 Å². The third-order valence-corrected chi connectivity index (χ3v) is 5.55. The minimum Gasteiger partial charge on any atom is -0.507 e. The first-order chi connectivity index (χ1) is 13.8. The van der Waals surface area contributed by atoms with Crippen LogP contribution in [0.5, 0.6) is 5.75 Å². The summed E-state index contributed by atoms with van der Waals surface area (Å²) in [6, 6.07) is 9.63. The van der Waals surface area contributed by atoms with Gasteiger partial charge in [-0.2, -0.15) is 0 Å². The molecule has 160 valence electrons. The van der Waals surface area contributed by atoms with Gasteiger partial charge in [-0.1, -0.05) is 41.5 Å². The van der Waals surface area contributed by atoms with E-state index in [4.69, 9.17) is 10.2 Å². The van der Waals surface area contributed by atoms with Gasteiger partial charge < -0.3 is 19.8 Å². The fraction of sp³-hybridized carbons (Fsp3) is 0.400. The molecule has 0 aliphatic carbocycles. The van der Waals surface area contributed by atoms with E-state index in [0.717, 1.165) is 33.8 Å². The van der Waals surface area contributed by atoms with Crippen LogP contribution in [0.1, 0.15) is 74.5 Å². The largest absolute Gasteiger partial charge is 0.507 e. The van der Waals surface area contributed by atoms with Crippen LogP contribution in [0.25, 0.3) is 11.3 Å². The van der Waals surface area contributed by atoms with Crippen LogP contribution in [0.4, 0.5) is 0 Å². The van der Waals surface area contributed by atoms with E-state index in [0.29, 0.717) is 17.9 Å². The van der Waals surface area contributed by atoms with Gasteiger partial charge in [0.15, 0.2) is 0 Å². The molecule has 2 heterocycles. The van der Waals surface area contributed by atoms with Crippen LogP contribution < -0.4 is 5.73 Å². The molecule has 0 bridgehead atoms. The Bertz CT molecular complexity index is 1040. The van der Waals surface area contributed by atoms with Gasteiger partial charge >= 0.3 is 0 Å². The number of hydrogen-bond donors (Lipinski definition) is 2. The number of primary amides is 1. The van der Waals surface area contributed by atoms with Gasteiger partial charge in [-0.25, -0.2) is 0 Å². The lowest BCUT2D eigenvalue weighted by Gasteiger charge is -2.28. The standard InChI is InChI=1S/C25H32N2O3/c1-15-18(23(26)29)13-21(27(15)14-17-9-8-10-30-17)16-11-19(24(2,3)4)22(28)20(12-16)25(5,6)7/h8-13,28H,14H2,1-7H3,(H2,26,29). The first-order valence-corrected chi connectivity index (χ1v) is 10.2. The molecule has 0 saturated heterocycles. The maximum atomic E-state index is 12.1. The predicted octanol–water partition coefficient (Wildman–Crippen LogP) is 5.50. The summed E-state index contributed by atoms with van der Waals surface area (Å²) in [5, 5.41) is 11.1. The second kappa shape index (κ2) is 7.38. The fourth-order valence-electron chi connectivity index (χ4n) is 3.82. The third kappa shape index (κ3) is 4.02. The Kier molecular flexibility index (Phi) is 5.35. The molecule has 1 aromatic carbocycles. The molecular formula is C25H32N2O3. The molecule has 2 aromatic heterocycles. The first kappa shape index (κ1) is 21.8. The number of phenols is 1. The molecular weight excluding hydrogens is 376 g/mol. The number of phenolic OH excluding ortho intramolecular Hbond substituents is 1. The molecule has 5 nitrogen and oxygen atoms in total. The first-order valence-electron chi connectivity index (χ1n) is 10.2. The van der Waals surface area contributed by atoms with Crippen LogP contribution in [-0.4, -0.2) is 15.6 Å². The van der Waals surface area contributed by atoms with E-state index in [-0.39, 0.29) is 10.8 Å². The quantitative estimate of drug-likeness (QED) is 0.598. The highest BCUT2D eigenvalue weighted by Gasteiger charge is 2.28. The number of rotatable bonds is 4. The van der Waals surface area contributed by atoms with Crippen molar-refractivity contribution < 1.29 is 14.3 Å². The smallest absolute Gasteiger partial charge is 0.250 e. The van der Waals surface area contributed by atoms with Gasteiger partial charge in [-0.05, 0) is 53.6 Å². The van der Waals surface area contributed by atoms with Gasteiger partial charge in [0.05, 0.1) is 18.4 Å². The summed E-state index contributed by atoms with van der Waals surface area (Å²) in [6.07, 6.45) is 1.64. The molecule has 3 aromatic rings. The number of carbonyl (C=O) groups excluding carboxylic acids is 1. The Hall–Kier alpha value is -2.95. The van der Waals surface area contributed by atoms with Gasteiger partial charge in [-0.3, -0.25) is 4.79 Å². The van der Waals surface area contributed by atoms with Crippen LogP contribution in [0.15, 0.2) is 41.0 Å². The van der Waals surface area contributed by atoms with Crippen molar-refractivity contribution in [1.29, 1.82) is 0 Å². The molecule has 3 N–H and O–H groups in total. The van der Waals surface area contributed by atoms with Crippen molar-refractivity contribution >= 4 is 5.91 Å². The Morgan fingerprint density at radius 2 is 1.63 bits per heavy atom. The van der Waals surface area contributed by atoms with Gasteiger partial charge in [0, 0.05) is 22.5 Å². The number of nitrogens with zero attached hydrogens (tertiary/aromatic N) is 1. The summed E-state index contributed by atoms with van der Waals surface area (Å²) >= 11 is 0. The average molecular weight is 409 g/mol. The molecule has 0 radical (unpaired) electrons. The summed E-state index contributed by atoms with van der Waals surface area (Å²) in [7, 11) is 0. The molecule has 30 heavy (non-hydrogen) atoms. The van der Waals surface area contributed by atoms with Crippen molar-refractivity contribution in [3.63, 3.8) is 0 Å². The topological polar surface area (TPSA) is 81.4 Å². The van der Waals surface area contributed by atoms with Crippen LogP contribution in [0, 0.1) is 6.92 Å². The Balaban J connectivity index is 2.31. The maximum absolute atomic E-state index is 12.1. The van der Waals surface area contributed by atoms with Crippen LogP contribution in [-0.2, 0) is 17.4 Å². The van der Waals surface area contributed by atoms with Crippen LogP contribution in [0.2, 0.25) is 0 Å². The number of nitrogens with two attached hydrogens (primary N) is 1. The van der Waals surface area contributed by atoms with E-state index in [9.17, 15) is 9.90 Å². The van der Waals surface area contributed by atoms with Gasteiger partial charge in [0.2, 0.25) is 0 Å². The van der Waals surface area contributed by atoms with E-state index in [1.54, 1.807) is 6.26 Å². The Morgan fingerprint density at radius 1 is 1.07 bits per heavy atom. The highest BCUT2D eigenvalue weighted by molar-refractivity contribution is 5.95. The van der Waals surface area contributed by atoms with Gasteiger partial charge in [-0.15, -0.1) is 0 Å². The fourth-order valence-corrected chi connectivity index (χ4v) is 3.82. The van der Waals surface area contributed by atoms with Crippen molar-refractivity contribution in [2.75, 3.05) is 0 Å². The van der Waals surface area contributed by atoms with Crippen molar-refractivity contribution in [2.24, 2.45) is 5.73 Å². The number of aromatic hydroxyl groups is 1. The molecule has 0 atom stereocenters. The molecule has 1 amide bonds. The summed E-state index contributed by atoms with van der Waals surface area (Å²) in [5.74, 6) is 0.657.